The number of carbonyl (C=O) groups is 2. The van der Waals surface area contributed by atoms with Crippen LogP contribution in [0.25, 0.3) is 0 Å². The number of pyridine rings is 1. The topological polar surface area (TPSA) is 88.5 Å². The Morgan fingerprint density at radius 1 is 1.29 bits per heavy atom. The molecule has 1 aromatic carbocycles. The number of rotatable bonds is 5. The van der Waals surface area contributed by atoms with E-state index in [2.05, 4.69) is 10.3 Å². The van der Waals surface area contributed by atoms with Crippen LogP contribution in [0.1, 0.15) is 22.8 Å². The molecule has 0 fully saturated rings. The highest BCUT2D eigenvalue weighted by molar-refractivity contribution is 6.36. The fourth-order valence-electron chi connectivity index (χ4n) is 1.75. The number of aromatic nitrogens is 1. The number of amides is 1. The molecule has 0 aliphatic rings. The first-order valence-corrected chi connectivity index (χ1v) is 7.69. The molecule has 6 nitrogen and oxygen atoms in total. The van der Waals surface area contributed by atoms with E-state index < -0.39 is 18.0 Å². The first kappa shape index (κ1) is 18.2. The largest absolute Gasteiger partial charge is 0.449 e. The van der Waals surface area contributed by atoms with Gasteiger partial charge in [-0.3, -0.25) is 4.79 Å². The van der Waals surface area contributed by atoms with Gasteiger partial charge in [0.25, 0.3) is 5.91 Å². The third-order valence-corrected chi connectivity index (χ3v) is 3.57. The van der Waals surface area contributed by atoms with Crippen molar-refractivity contribution in [2.75, 3.05) is 5.32 Å². The summed E-state index contributed by atoms with van der Waals surface area (Å²) in [5.41, 5.74) is 0.940. The minimum Gasteiger partial charge on any atom is -0.449 e. The standard InChI is InChI=1S/C16H14Cl2N2O4/c1-9(15(22)20-14-13(18)6-12(17)7-19-14)24-16(23)11-4-2-10(8-21)3-5-11/h2-7,9,21H,8H2,1H3,(H,19,20,22). The van der Waals surface area contributed by atoms with Crippen LogP contribution in [-0.4, -0.2) is 28.1 Å². The first-order valence-electron chi connectivity index (χ1n) is 6.93. The zero-order chi connectivity index (χ0) is 17.7. The molecule has 1 atom stereocenters. The number of aliphatic hydroxyl groups excluding tert-OH is 1. The van der Waals surface area contributed by atoms with Gasteiger partial charge in [0, 0.05) is 6.20 Å². The molecule has 0 aliphatic carbocycles. The second-order valence-electron chi connectivity index (χ2n) is 4.88. The summed E-state index contributed by atoms with van der Waals surface area (Å²) in [5.74, 6) is -1.11. The molecule has 2 rings (SSSR count). The Labute approximate surface area is 148 Å². The van der Waals surface area contributed by atoms with Crippen molar-refractivity contribution in [3.63, 3.8) is 0 Å². The molecule has 1 heterocycles. The van der Waals surface area contributed by atoms with Gasteiger partial charge in [0.15, 0.2) is 11.9 Å². The highest BCUT2D eigenvalue weighted by Gasteiger charge is 2.20. The second-order valence-corrected chi connectivity index (χ2v) is 5.72. The van der Waals surface area contributed by atoms with Crippen molar-refractivity contribution in [2.24, 2.45) is 0 Å². The maximum atomic E-state index is 12.1. The average Bonchev–Trinajstić information content (AvgIpc) is 2.57. The number of ether oxygens (including phenoxy) is 1. The normalized spacial score (nSPS) is 11.7. The summed E-state index contributed by atoms with van der Waals surface area (Å²) >= 11 is 11.6. The zero-order valence-corrected chi connectivity index (χ0v) is 14.1. The molecule has 0 bridgehead atoms. The number of esters is 1. The van der Waals surface area contributed by atoms with Gasteiger partial charge < -0.3 is 15.2 Å². The Morgan fingerprint density at radius 3 is 2.54 bits per heavy atom. The molecule has 2 N–H and O–H groups in total. The number of benzene rings is 1. The number of aliphatic hydroxyl groups is 1. The Hall–Kier alpha value is -2.15. The van der Waals surface area contributed by atoms with Crippen molar-refractivity contribution in [3.05, 3.63) is 57.7 Å². The molecule has 0 saturated carbocycles. The summed E-state index contributed by atoms with van der Waals surface area (Å²) in [7, 11) is 0. The molecule has 126 valence electrons. The van der Waals surface area contributed by atoms with Gasteiger partial charge in [-0.2, -0.15) is 0 Å². The van der Waals surface area contributed by atoms with Crippen molar-refractivity contribution in [1.29, 1.82) is 0 Å². The van der Waals surface area contributed by atoms with Gasteiger partial charge in [-0.05, 0) is 30.7 Å². The first-order chi connectivity index (χ1) is 11.4. The molecule has 24 heavy (non-hydrogen) atoms. The van der Waals surface area contributed by atoms with E-state index in [1.54, 1.807) is 12.1 Å². The van der Waals surface area contributed by atoms with E-state index in [0.717, 1.165) is 0 Å². The number of nitrogens with one attached hydrogen (secondary N) is 1. The predicted octanol–water partition coefficient (Wildman–Crippen LogP) is 3.06. The number of nitrogens with zero attached hydrogens (tertiary/aromatic N) is 1. The minimum absolute atomic E-state index is 0.122. The molecule has 0 saturated heterocycles. The van der Waals surface area contributed by atoms with Crippen molar-refractivity contribution in [2.45, 2.75) is 19.6 Å². The van der Waals surface area contributed by atoms with Crippen LogP contribution in [0.15, 0.2) is 36.5 Å². The van der Waals surface area contributed by atoms with Crippen molar-refractivity contribution in [3.8, 4) is 0 Å². The van der Waals surface area contributed by atoms with Crippen LogP contribution in [0.5, 0.6) is 0 Å². The molecule has 1 unspecified atom stereocenters. The van der Waals surface area contributed by atoms with E-state index in [9.17, 15) is 9.59 Å². The quantitative estimate of drug-likeness (QED) is 0.791. The maximum Gasteiger partial charge on any atom is 0.338 e. The summed E-state index contributed by atoms with van der Waals surface area (Å²) in [6, 6.07) is 7.65. The highest BCUT2D eigenvalue weighted by atomic mass is 35.5. The van der Waals surface area contributed by atoms with Crippen LogP contribution in [0.3, 0.4) is 0 Å². The molecule has 0 aliphatic heterocycles. The lowest BCUT2D eigenvalue weighted by Crippen LogP contribution is -2.30. The molecule has 8 heteroatoms. The van der Waals surface area contributed by atoms with Gasteiger partial charge in [0.05, 0.1) is 22.2 Å². The number of hydrogen-bond acceptors (Lipinski definition) is 5. The number of hydrogen-bond donors (Lipinski definition) is 2. The number of anilines is 1. The smallest absolute Gasteiger partial charge is 0.338 e. The SMILES string of the molecule is CC(OC(=O)c1ccc(CO)cc1)C(=O)Nc1ncc(Cl)cc1Cl. The lowest BCUT2D eigenvalue weighted by molar-refractivity contribution is -0.123. The van der Waals surface area contributed by atoms with E-state index in [4.69, 9.17) is 33.0 Å². The molecular weight excluding hydrogens is 355 g/mol. The van der Waals surface area contributed by atoms with Crippen LogP contribution >= 0.6 is 23.2 Å². The summed E-state index contributed by atoms with van der Waals surface area (Å²) < 4.78 is 5.10. The third kappa shape index (κ3) is 4.67. The van der Waals surface area contributed by atoms with Gasteiger partial charge in [0.1, 0.15) is 0 Å². The van der Waals surface area contributed by atoms with E-state index in [1.165, 1.54) is 31.3 Å². The van der Waals surface area contributed by atoms with Crippen molar-refractivity contribution in [1.82, 2.24) is 4.98 Å². The molecule has 1 amide bonds. The van der Waals surface area contributed by atoms with Crippen molar-refractivity contribution < 1.29 is 19.4 Å². The van der Waals surface area contributed by atoms with Crippen LogP contribution in [0.4, 0.5) is 5.82 Å². The van der Waals surface area contributed by atoms with Crippen LogP contribution in [-0.2, 0) is 16.1 Å². The van der Waals surface area contributed by atoms with Gasteiger partial charge in [-0.15, -0.1) is 0 Å². The van der Waals surface area contributed by atoms with E-state index in [-0.39, 0.29) is 23.0 Å². The van der Waals surface area contributed by atoms with Crippen LogP contribution in [0.2, 0.25) is 10.0 Å². The number of carbonyl (C=O) groups excluding carboxylic acids is 2. The summed E-state index contributed by atoms with van der Waals surface area (Å²) in [6.07, 6.45) is 0.283. The van der Waals surface area contributed by atoms with Gasteiger partial charge in [-0.25, -0.2) is 9.78 Å². The van der Waals surface area contributed by atoms with Gasteiger partial charge >= 0.3 is 5.97 Å². The average molecular weight is 369 g/mol. The predicted molar refractivity (Wildman–Crippen MR) is 90.1 cm³/mol. The molecule has 0 radical (unpaired) electrons. The lowest BCUT2D eigenvalue weighted by Gasteiger charge is -2.14. The maximum absolute atomic E-state index is 12.1. The van der Waals surface area contributed by atoms with Crippen molar-refractivity contribution >= 4 is 40.9 Å². The van der Waals surface area contributed by atoms with Crippen LogP contribution in [0, 0.1) is 0 Å². The van der Waals surface area contributed by atoms with Gasteiger partial charge in [-0.1, -0.05) is 35.3 Å². The fraction of sp³-hybridized carbons (Fsp3) is 0.188. The zero-order valence-electron chi connectivity index (χ0n) is 12.6. The molecule has 0 spiro atoms. The number of halogens is 2. The Balaban J connectivity index is 1.98. The van der Waals surface area contributed by atoms with Gasteiger partial charge in [0.2, 0.25) is 0 Å². The fourth-order valence-corrected chi connectivity index (χ4v) is 2.18. The highest BCUT2D eigenvalue weighted by Crippen LogP contribution is 2.22. The molecule has 1 aromatic heterocycles. The summed E-state index contributed by atoms with van der Waals surface area (Å²) in [6.45, 7) is 1.31. The lowest BCUT2D eigenvalue weighted by atomic mass is 10.1. The Bertz CT molecular complexity index is 750. The molecular formula is C16H14Cl2N2O4. The van der Waals surface area contributed by atoms with E-state index >= 15 is 0 Å². The monoisotopic (exact) mass is 368 g/mol. The Kier molecular flexibility index (Phi) is 6.14. The van der Waals surface area contributed by atoms with E-state index in [1.807, 2.05) is 0 Å². The second kappa shape index (κ2) is 8.10. The minimum atomic E-state index is -1.05. The molecule has 2 aromatic rings. The summed E-state index contributed by atoms with van der Waals surface area (Å²) in [4.78, 5) is 28.0. The van der Waals surface area contributed by atoms with E-state index in [0.29, 0.717) is 10.6 Å². The summed E-state index contributed by atoms with van der Waals surface area (Å²) in [5, 5.41) is 11.9. The third-order valence-electron chi connectivity index (χ3n) is 3.07. The van der Waals surface area contributed by atoms with Crippen LogP contribution < -0.4 is 5.32 Å². The Morgan fingerprint density at radius 2 is 1.96 bits per heavy atom.